The van der Waals surface area contributed by atoms with Crippen molar-refractivity contribution in [3.63, 3.8) is 0 Å². The maximum absolute atomic E-state index is 13.6. The van der Waals surface area contributed by atoms with Gasteiger partial charge in [0.05, 0.1) is 12.2 Å². The van der Waals surface area contributed by atoms with Crippen molar-refractivity contribution in [1.29, 1.82) is 0 Å². The molecule has 0 bridgehead atoms. The lowest BCUT2D eigenvalue weighted by atomic mass is 9.79. The highest BCUT2D eigenvalue weighted by molar-refractivity contribution is 6.23. The van der Waals surface area contributed by atoms with E-state index in [1.807, 2.05) is 18.2 Å². The van der Waals surface area contributed by atoms with Gasteiger partial charge < -0.3 is 14.5 Å². The Morgan fingerprint density at radius 2 is 1.43 bits per heavy atom. The third-order valence-corrected chi connectivity index (χ3v) is 7.35. The van der Waals surface area contributed by atoms with Gasteiger partial charge in [0.2, 0.25) is 0 Å². The van der Waals surface area contributed by atoms with Crippen LogP contribution in [0.25, 0.3) is 11.1 Å². The monoisotopic (exact) mass is 506 g/mol. The van der Waals surface area contributed by atoms with Gasteiger partial charge in [-0.25, -0.2) is 4.79 Å². The van der Waals surface area contributed by atoms with Crippen molar-refractivity contribution in [2.75, 3.05) is 47.9 Å². The molecule has 0 fully saturated rings. The van der Waals surface area contributed by atoms with Gasteiger partial charge >= 0.3 is 5.97 Å². The molecule has 1 aliphatic rings. The van der Waals surface area contributed by atoms with Gasteiger partial charge in [-0.1, -0.05) is 52.0 Å². The molecule has 0 aromatic heterocycles. The molecule has 0 N–H and O–H groups in total. The molecule has 0 saturated carbocycles. The van der Waals surface area contributed by atoms with Crippen LogP contribution in [0, 0.1) is 10.8 Å². The van der Waals surface area contributed by atoms with Gasteiger partial charge in [0.25, 0.3) is 0 Å². The SMILES string of the molecule is CN(C)CCCC(C)(C)COC(=O)c1ccc2c(c1)C(=O)c1c(CC(C)(C)CCCN(C)C)cccc1-2. The second kappa shape index (κ2) is 11.9. The average Bonchev–Trinajstić information content (AvgIpc) is 3.09. The number of carbonyl (C=O) groups is 2. The second-order valence-electron chi connectivity index (χ2n) is 12.8. The summed E-state index contributed by atoms with van der Waals surface area (Å²) in [6, 6.07) is 11.6. The molecule has 3 rings (SSSR count). The molecule has 2 aromatic carbocycles. The van der Waals surface area contributed by atoms with Crippen molar-refractivity contribution in [2.45, 2.75) is 59.8 Å². The van der Waals surface area contributed by atoms with Crippen molar-refractivity contribution in [2.24, 2.45) is 10.8 Å². The highest BCUT2D eigenvalue weighted by Crippen LogP contribution is 2.41. The smallest absolute Gasteiger partial charge is 0.338 e. The van der Waals surface area contributed by atoms with E-state index in [0.717, 1.165) is 67.4 Å². The first-order chi connectivity index (χ1) is 17.3. The Balaban J connectivity index is 1.72. The summed E-state index contributed by atoms with van der Waals surface area (Å²) in [7, 11) is 8.34. The van der Waals surface area contributed by atoms with E-state index in [1.54, 1.807) is 12.1 Å². The van der Waals surface area contributed by atoms with Crippen LogP contribution in [0.15, 0.2) is 36.4 Å². The number of hydrogen-bond acceptors (Lipinski definition) is 5. The van der Waals surface area contributed by atoms with Crippen LogP contribution < -0.4 is 0 Å². The number of rotatable bonds is 13. The summed E-state index contributed by atoms with van der Waals surface area (Å²) in [6.07, 6.45) is 5.10. The summed E-state index contributed by atoms with van der Waals surface area (Å²) in [5.74, 6) is -0.349. The predicted octanol–water partition coefficient (Wildman–Crippen LogP) is 6.33. The standard InChI is InChI=1S/C32H46N2O3/c1-31(2,16-10-18-33(5)6)21-24-12-9-13-26-25-15-14-23(20-27(25)29(35)28(24)26)30(36)37-22-32(3,4)17-11-19-34(7)8/h9,12-15,20H,10-11,16-19,21-22H2,1-8H3. The Morgan fingerprint density at radius 1 is 0.811 bits per heavy atom. The Morgan fingerprint density at radius 3 is 2.05 bits per heavy atom. The molecule has 0 aliphatic heterocycles. The zero-order chi connectivity index (χ0) is 27.4. The lowest BCUT2D eigenvalue weighted by Gasteiger charge is -2.26. The largest absolute Gasteiger partial charge is 0.462 e. The highest BCUT2D eigenvalue weighted by Gasteiger charge is 2.32. The first kappa shape index (κ1) is 29.1. The normalized spacial score (nSPS) is 13.3. The molecular weight excluding hydrogens is 460 g/mol. The second-order valence-corrected chi connectivity index (χ2v) is 12.8. The van der Waals surface area contributed by atoms with E-state index in [4.69, 9.17) is 4.74 Å². The molecule has 2 aromatic rings. The zero-order valence-electron chi connectivity index (χ0n) is 24.2. The fourth-order valence-corrected chi connectivity index (χ4v) is 5.24. The van der Waals surface area contributed by atoms with Crippen LogP contribution in [0.3, 0.4) is 0 Å². The number of ether oxygens (including phenoxy) is 1. The first-order valence-electron chi connectivity index (χ1n) is 13.6. The maximum atomic E-state index is 13.6. The minimum Gasteiger partial charge on any atom is -0.462 e. The van der Waals surface area contributed by atoms with E-state index >= 15 is 0 Å². The van der Waals surface area contributed by atoms with Crippen LogP contribution in [-0.2, 0) is 11.2 Å². The molecule has 5 heteroatoms. The first-order valence-corrected chi connectivity index (χ1v) is 13.6. The number of ketones is 1. The summed E-state index contributed by atoms with van der Waals surface area (Å²) in [4.78, 5) is 30.9. The molecule has 0 heterocycles. The van der Waals surface area contributed by atoms with Gasteiger partial charge in [-0.15, -0.1) is 0 Å². The molecule has 1 aliphatic carbocycles. The lowest BCUT2D eigenvalue weighted by molar-refractivity contribution is 0.0321. The van der Waals surface area contributed by atoms with Gasteiger partial charge in [-0.05, 0) is 113 Å². The number of nitrogens with zero attached hydrogens (tertiary/aromatic N) is 2. The van der Waals surface area contributed by atoms with Crippen molar-refractivity contribution < 1.29 is 14.3 Å². The van der Waals surface area contributed by atoms with E-state index in [-0.39, 0.29) is 22.6 Å². The Bertz CT molecular complexity index is 1120. The van der Waals surface area contributed by atoms with E-state index in [2.05, 4.69) is 71.8 Å². The predicted molar refractivity (Wildman–Crippen MR) is 152 cm³/mol. The van der Waals surface area contributed by atoms with Crippen molar-refractivity contribution in [3.8, 4) is 11.1 Å². The molecule has 5 nitrogen and oxygen atoms in total. The van der Waals surface area contributed by atoms with Gasteiger partial charge in [-0.2, -0.15) is 0 Å². The Kier molecular flexibility index (Phi) is 9.36. The summed E-state index contributed by atoms with van der Waals surface area (Å²) >= 11 is 0. The molecule has 0 spiro atoms. The lowest BCUT2D eigenvalue weighted by Crippen LogP contribution is -2.24. The van der Waals surface area contributed by atoms with Crippen LogP contribution >= 0.6 is 0 Å². The van der Waals surface area contributed by atoms with Gasteiger partial charge in [-0.3, -0.25) is 4.79 Å². The quantitative estimate of drug-likeness (QED) is 0.253. The molecule has 0 unspecified atom stereocenters. The summed E-state index contributed by atoms with van der Waals surface area (Å²) in [5.41, 5.74) is 4.82. The fourth-order valence-electron chi connectivity index (χ4n) is 5.24. The van der Waals surface area contributed by atoms with Crippen molar-refractivity contribution in [3.05, 3.63) is 58.7 Å². The van der Waals surface area contributed by atoms with E-state index in [0.29, 0.717) is 17.7 Å². The van der Waals surface area contributed by atoms with E-state index in [1.165, 1.54) is 0 Å². The molecule has 0 atom stereocenters. The number of hydrogen-bond donors (Lipinski definition) is 0. The van der Waals surface area contributed by atoms with E-state index in [9.17, 15) is 9.59 Å². The molecule has 0 amide bonds. The number of esters is 1. The Labute approximate surface area is 224 Å². The molecular formula is C32H46N2O3. The van der Waals surface area contributed by atoms with Crippen LogP contribution in [0.2, 0.25) is 0 Å². The van der Waals surface area contributed by atoms with Gasteiger partial charge in [0, 0.05) is 11.1 Å². The summed E-state index contributed by atoms with van der Waals surface area (Å²) < 4.78 is 5.70. The third kappa shape index (κ3) is 7.75. The molecule has 202 valence electrons. The van der Waals surface area contributed by atoms with Crippen LogP contribution in [-0.4, -0.2) is 69.4 Å². The highest BCUT2D eigenvalue weighted by atomic mass is 16.5. The number of fused-ring (bicyclic) bond motifs is 3. The third-order valence-electron chi connectivity index (χ3n) is 7.35. The number of carbonyl (C=O) groups excluding carboxylic acids is 2. The molecule has 0 radical (unpaired) electrons. The fraction of sp³-hybridized carbons (Fsp3) is 0.562. The van der Waals surface area contributed by atoms with Gasteiger partial charge in [0.1, 0.15) is 0 Å². The van der Waals surface area contributed by atoms with Crippen LogP contribution in [0.5, 0.6) is 0 Å². The van der Waals surface area contributed by atoms with Crippen molar-refractivity contribution >= 4 is 11.8 Å². The van der Waals surface area contributed by atoms with E-state index < -0.39 is 0 Å². The van der Waals surface area contributed by atoms with Crippen LogP contribution in [0.4, 0.5) is 0 Å². The number of benzene rings is 2. The minimum absolute atomic E-state index is 0.0170. The van der Waals surface area contributed by atoms with Crippen molar-refractivity contribution in [1.82, 2.24) is 9.80 Å². The average molecular weight is 507 g/mol. The van der Waals surface area contributed by atoms with Crippen LogP contribution in [0.1, 0.15) is 85.2 Å². The Hall–Kier alpha value is -2.50. The molecule has 0 saturated heterocycles. The summed E-state index contributed by atoms with van der Waals surface area (Å²) in [5, 5.41) is 0. The zero-order valence-corrected chi connectivity index (χ0v) is 24.2. The van der Waals surface area contributed by atoms with Gasteiger partial charge in [0.15, 0.2) is 5.78 Å². The maximum Gasteiger partial charge on any atom is 0.338 e. The topological polar surface area (TPSA) is 49.9 Å². The summed E-state index contributed by atoms with van der Waals surface area (Å²) in [6.45, 7) is 11.3. The minimum atomic E-state index is -0.366. The molecule has 37 heavy (non-hydrogen) atoms.